The fourth-order valence-corrected chi connectivity index (χ4v) is 3.50. The lowest BCUT2D eigenvalue weighted by Gasteiger charge is -2.33. The van der Waals surface area contributed by atoms with Crippen molar-refractivity contribution in [3.05, 3.63) is 53.9 Å². The number of likely N-dealkylation sites (tertiary alicyclic amines) is 1. The van der Waals surface area contributed by atoms with Gasteiger partial charge in [0, 0.05) is 31.6 Å². The van der Waals surface area contributed by atoms with Gasteiger partial charge < -0.3 is 14.6 Å². The first-order valence-electron chi connectivity index (χ1n) is 9.55. The Morgan fingerprint density at radius 3 is 2.75 bits per heavy atom. The summed E-state index contributed by atoms with van der Waals surface area (Å²) in [5.41, 5.74) is 3.05. The largest absolute Gasteiger partial charge is 0.444 e. The van der Waals surface area contributed by atoms with Crippen LogP contribution in [0.2, 0.25) is 0 Å². The number of hydrogen-bond acceptors (Lipinski definition) is 5. The predicted octanol–water partition coefficient (Wildman–Crippen LogP) is 2.72. The highest BCUT2D eigenvalue weighted by molar-refractivity contribution is 5.79. The fourth-order valence-electron chi connectivity index (χ4n) is 3.50. The monoisotopic (exact) mass is 379 g/mol. The van der Waals surface area contributed by atoms with E-state index in [9.17, 15) is 0 Å². The Morgan fingerprint density at radius 2 is 2.07 bits per heavy atom. The van der Waals surface area contributed by atoms with Crippen molar-refractivity contribution >= 4 is 5.96 Å². The lowest BCUT2D eigenvalue weighted by Crippen LogP contribution is -2.45. The Balaban J connectivity index is 1.32. The van der Waals surface area contributed by atoms with Crippen molar-refractivity contribution in [3.8, 4) is 11.5 Å². The van der Waals surface area contributed by atoms with Gasteiger partial charge in [0.15, 0.2) is 5.96 Å². The van der Waals surface area contributed by atoms with Crippen LogP contribution < -0.4 is 5.32 Å². The summed E-state index contributed by atoms with van der Waals surface area (Å²) in [5, 5.41) is 10.3. The van der Waals surface area contributed by atoms with E-state index in [-0.39, 0.29) is 0 Å². The molecule has 1 saturated heterocycles. The lowest BCUT2D eigenvalue weighted by molar-refractivity contribution is 0.298. The van der Waals surface area contributed by atoms with Gasteiger partial charge in [0.05, 0.1) is 12.2 Å². The molecule has 1 aliphatic heterocycles. The number of hydrogen-bond donors (Lipinski definition) is 2. The van der Waals surface area contributed by atoms with E-state index in [1.807, 2.05) is 19.2 Å². The number of nitrogens with zero attached hydrogens (tertiary/aromatic N) is 5. The van der Waals surface area contributed by atoms with Gasteiger partial charge in [-0.25, -0.2) is 9.97 Å². The summed E-state index contributed by atoms with van der Waals surface area (Å²) >= 11 is 0. The zero-order valence-electron chi connectivity index (χ0n) is 16.2. The summed E-state index contributed by atoms with van der Waals surface area (Å²) in [5.74, 6) is 2.94. The van der Waals surface area contributed by atoms with Crippen LogP contribution in [0.15, 0.2) is 46.3 Å². The number of guanidine groups is 1. The maximum atomic E-state index is 5.64. The molecule has 0 saturated carbocycles. The molecule has 2 N–H and O–H groups in total. The first-order chi connectivity index (χ1) is 13.7. The smallest absolute Gasteiger partial charge is 0.226 e. The maximum Gasteiger partial charge on any atom is 0.226 e. The van der Waals surface area contributed by atoms with Crippen molar-refractivity contribution in [1.82, 2.24) is 30.4 Å². The number of aromatic amines is 1. The van der Waals surface area contributed by atoms with Crippen LogP contribution >= 0.6 is 0 Å². The van der Waals surface area contributed by atoms with Crippen LogP contribution in [0, 0.1) is 6.92 Å². The van der Waals surface area contributed by atoms with Gasteiger partial charge in [0.25, 0.3) is 0 Å². The Labute approximate surface area is 164 Å². The van der Waals surface area contributed by atoms with Gasteiger partial charge in [-0.2, -0.15) is 5.10 Å². The average molecular weight is 379 g/mol. The van der Waals surface area contributed by atoms with Crippen molar-refractivity contribution in [2.75, 3.05) is 20.1 Å². The third kappa shape index (κ3) is 4.05. The highest BCUT2D eigenvalue weighted by Crippen LogP contribution is 2.25. The zero-order valence-corrected chi connectivity index (χ0v) is 16.2. The van der Waals surface area contributed by atoms with Crippen LogP contribution in [-0.2, 0) is 6.54 Å². The first-order valence-corrected chi connectivity index (χ1v) is 9.55. The third-order valence-corrected chi connectivity index (χ3v) is 5.10. The second kappa shape index (κ2) is 8.24. The lowest BCUT2D eigenvalue weighted by atomic mass is 9.96. The van der Waals surface area contributed by atoms with Gasteiger partial charge in [0.2, 0.25) is 5.89 Å². The van der Waals surface area contributed by atoms with Gasteiger partial charge in [-0.05, 0) is 31.9 Å². The minimum absolute atomic E-state index is 0.435. The van der Waals surface area contributed by atoms with Gasteiger partial charge in [-0.15, -0.1) is 0 Å². The molecule has 0 atom stereocenters. The molecule has 0 radical (unpaired) electrons. The first kappa shape index (κ1) is 18.2. The summed E-state index contributed by atoms with van der Waals surface area (Å²) in [4.78, 5) is 15.6. The van der Waals surface area contributed by atoms with Crippen LogP contribution in [-0.4, -0.2) is 51.2 Å². The highest BCUT2D eigenvalue weighted by Gasteiger charge is 2.24. The number of benzene rings is 1. The summed E-state index contributed by atoms with van der Waals surface area (Å²) in [7, 11) is 1.81. The molecule has 3 heterocycles. The molecule has 1 aliphatic rings. The zero-order chi connectivity index (χ0) is 19.3. The van der Waals surface area contributed by atoms with E-state index in [0.717, 1.165) is 49.0 Å². The number of oxazole rings is 1. The molecule has 0 aliphatic carbocycles. The topological polar surface area (TPSA) is 95.2 Å². The molecular formula is C20H25N7O. The van der Waals surface area contributed by atoms with Crippen LogP contribution in [0.3, 0.4) is 0 Å². The molecule has 0 amide bonds. The van der Waals surface area contributed by atoms with Gasteiger partial charge in [-0.1, -0.05) is 17.7 Å². The molecule has 0 unspecified atom stereocenters. The minimum Gasteiger partial charge on any atom is -0.444 e. The summed E-state index contributed by atoms with van der Waals surface area (Å²) in [6.45, 7) is 4.50. The molecule has 28 heavy (non-hydrogen) atoms. The van der Waals surface area contributed by atoms with Gasteiger partial charge in [0.1, 0.15) is 18.4 Å². The van der Waals surface area contributed by atoms with E-state index in [1.54, 1.807) is 12.6 Å². The molecule has 0 spiro atoms. The average Bonchev–Trinajstić information content (AvgIpc) is 3.42. The quantitative estimate of drug-likeness (QED) is 0.535. The Hall–Kier alpha value is -3.16. The number of aromatic nitrogens is 4. The van der Waals surface area contributed by atoms with Crippen molar-refractivity contribution < 1.29 is 4.42 Å². The van der Waals surface area contributed by atoms with Crippen molar-refractivity contribution in [1.29, 1.82) is 0 Å². The van der Waals surface area contributed by atoms with Crippen molar-refractivity contribution in [2.24, 2.45) is 4.99 Å². The Morgan fingerprint density at radius 1 is 1.29 bits per heavy atom. The Bertz CT molecular complexity index is 906. The van der Waals surface area contributed by atoms with E-state index in [1.165, 1.54) is 5.56 Å². The van der Waals surface area contributed by atoms with Crippen molar-refractivity contribution in [2.45, 2.75) is 32.2 Å². The van der Waals surface area contributed by atoms with E-state index in [4.69, 9.17) is 4.42 Å². The number of rotatable bonds is 4. The normalized spacial score (nSPS) is 15.8. The van der Waals surface area contributed by atoms with E-state index >= 15 is 0 Å². The molecule has 1 fully saturated rings. The standard InChI is InChI=1S/C20H25N7O/c1-14-3-5-16(6-4-14)19-25-17(12-28-19)11-22-20(21-2)27-9-7-15(8-10-27)18-23-13-24-26-18/h3-6,12-13,15H,7-11H2,1-2H3,(H,21,22)(H,23,24,26). The van der Waals surface area contributed by atoms with Gasteiger partial charge >= 0.3 is 0 Å². The van der Waals surface area contributed by atoms with Crippen LogP contribution in [0.4, 0.5) is 0 Å². The van der Waals surface area contributed by atoms with Crippen molar-refractivity contribution in [3.63, 3.8) is 0 Å². The molecule has 3 aromatic rings. The van der Waals surface area contributed by atoms with E-state index in [2.05, 4.69) is 54.4 Å². The number of piperidine rings is 1. The maximum absolute atomic E-state index is 5.64. The van der Waals surface area contributed by atoms with E-state index in [0.29, 0.717) is 18.4 Å². The van der Waals surface area contributed by atoms with E-state index < -0.39 is 0 Å². The second-order valence-corrected chi connectivity index (χ2v) is 7.04. The number of nitrogens with one attached hydrogen (secondary N) is 2. The number of aliphatic imine (C=N–C) groups is 1. The second-order valence-electron chi connectivity index (χ2n) is 7.04. The molecule has 8 nitrogen and oxygen atoms in total. The molecule has 146 valence electrons. The van der Waals surface area contributed by atoms with Crippen LogP contribution in [0.1, 0.15) is 35.8 Å². The fraction of sp³-hybridized carbons (Fsp3) is 0.400. The molecule has 2 aromatic heterocycles. The highest BCUT2D eigenvalue weighted by atomic mass is 16.3. The SMILES string of the molecule is CN=C(NCc1coc(-c2ccc(C)cc2)n1)N1CCC(c2ncn[nH]2)CC1. The molecule has 1 aromatic carbocycles. The van der Waals surface area contributed by atoms with Gasteiger partial charge in [-0.3, -0.25) is 10.1 Å². The number of H-pyrrole nitrogens is 1. The molecule has 0 bridgehead atoms. The van der Waals surface area contributed by atoms with Crippen LogP contribution in [0.25, 0.3) is 11.5 Å². The third-order valence-electron chi connectivity index (χ3n) is 5.10. The molecule has 8 heteroatoms. The predicted molar refractivity (Wildman–Crippen MR) is 107 cm³/mol. The molecule has 4 rings (SSSR count). The summed E-state index contributed by atoms with van der Waals surface area (Å²) in [6, 6.07) is 8.16. The minimum atomic E-state index is 0.435. The summed E-state index contributed by atoms with van der Waals surface area (Å²) in [6.07, 6.45) is 5.32. The van der Waals surface area contributed by atoms with Crippen LogP contribution in [0.5, 0.6) is 0 Å². The Kier molecular flexibility index (Phi) is 5.36. The summed E-state index contributed by atoms with van der Waals surface area (Å²) < 4.78 is 5.64. The molecular weight excluding hydrogens is 354 g/mol. The number of aryl methyl sites for hydroxylation is 1.